The number of hydrogen-bond acceptors (Lipinski definition) is 5. The van der Waals surface area contributed by atoms with Crippen molar-refractivity contribution in [3.8, 4) is 17.1 Å². The summed E-state index contributed by atoms with van der Waals surface area (Å²) >= 11 is 0. The molecule has 0 aliphatic carbocycles. The highest BCUT2D eigenvalue weighted by molar-refractivity contribution is 5.59. The summed E-state index contributed by atoms with van der Waals surface area (Å²) in [6.07, 6.45) is 1.13. The molecule has 6 nitrogen and oxygen atoms in total. The third-order valence-electron chi connectivity index (χ3n) is 4.08. The van der Waals surface area contributed by atoms with Gasteiger partial charge in [-0.25, -0.2) is 23.3 Å². The number of fused-ring (bicyclic) bond motifs is 1. The van der Waals surface area contributed by atoms with E-state index in [1.165, 1.54) is 6.07 Å². The maximum Gasteiger partial charge on any atom is 0.284 e. The number of rotatable bonds is 7. The van der Waals surface area contributed by atoms with Crippen molar-refractivity contribution in [3.05, 3.63) is 42.4 Å². The largest absolute Gasteiger partial charge is 0.490 e. The van der Waals surface area contributed by atoms with E-state index in [0.29, 0.717) is 23.0 Å². The Balaban J connectivity index is 1.91. The highest BCUT2D eigenvalue weighted by Crippen LogP contribution is 2.31. The smallest absolute Gasteiger partial charge is 0.284 e. The molecule has 0 aliphatic rings. The first-order chi connectivity index (χ1) is 12.8. The van der Waals surface area contributed by atoms with E-state index < -0.39 is 17.7 Å². The molecule has 0 fully saturated rings. The van der Waals surface area contributed by atoms with Gasteiger partial charge in [0, 0.05) is 17.8 Å². The van der Waals surface area contributed by atoms with Gasteiger partial charge in [-0.3, -0.25) is 0 Å². The summed E-state index contributed by atoms with van der Waals surface area (Å²) < 4.78 is 34.4. The van der Waals surface area contributed by atoms with Crippen LogP contribution in [0.25, 0.3) is 17.0 Å². The first kappa shape index (κ1) is 19.2. The van der Waals surface area contributed by atoms with Gasteiger partial charge in [0.1, 0.15) is 18.1 Å². The zero-order valence-corrected chi connectivity index (χ0v) is 15.6. The third-order valence-corrected chi connectivity index (χ3v) is 4.08. The minimum absolute atomic E-state index is 0.0416. The predicted octanol–water partition coefficient (Wildman–Crippen LogP) is 3.87. The number of hydrogen-bond donors (Lipinski definition) is 1. The fraction of sp³-hybridized carbons (Fsp3) is 0.421. The van der Waals surface area contributed by atoms with Crippen LogP contribution >= 0.6 is 0 Å². The molecule has 0 aliphatic heterocycles. The first-order valence-corrected chi connectivity index (χ1v) is 8.77. The van der Waals surface area contributed by atoms with Gasteiger partial charge < -0.3 is 10.5 Å². The van der Waals surface area contributed by atoms with E-state index in [0.717, 1.165) is 6.42 Å². The van der Waals surface area contributed by atoms with E-state index in [-0.39, 0.29) is 12.4 Å². The molecule has 8 heteroatoms. The summed E-state index contributed by atoms with van der Waals surface area (Å²) in [6, 6.07) is 6.54. The lowest BCUT2D eigenvalue weighted by Gasteiger charge is -2.27. The van der Waals surface area contributed by atoms with Crippen molar-refractivity contribution in [3.63, 3.8) is 0 Å². The SMILES string of the molecule is CC(C)CC(C)(N)COc1ccc(-c2ccnc3ccnn23)nc1C(F)F. The van der Waals surface area contributed by atoms with Gasteiger partial charge in [-0.15, -0.1) is 0 Å². The zero-order valence-electron chi connectivity index (χ0n) is 15.6. The van der Waals surface area contributed by atoms with Crippen LogP contribution in [0.15, 0.2) is 36.7 Å². The average molecular weight is 375 g/mol. The van der Waals surface area contributed by atoms with Gasteiger partial charge in [-0.1, -0.05) is 13.8 Å². The molecular formula is C19H23F2N5O. The number of nitrogens with two attached hydrogens (primary N) is 1. The molecule has 0 radical (unpaired) electrons. The number of nitrogens with zero attached hydrogens (tertiary/aromatic N) is 4. The Morgan fingerprint density at radius 3 is 2.67 bits per heavy atom. The van der Waals surface area contributed by atoms with E-state index in [1.54, 1.807) is 35.1 Å². The summed E-state index contributed by atoms with van der Waals surface area (Å²) in [5.41, 5.74) is 6.74. The predicted molar refractivity (Wildman–Crippen MR) is 98.7 cm³/mol. The van der Waals surface area contributed by atoms with Crippen LogP contribution in [-0.4, -0.2) is 31.7 Å². The summed E-state index contributed by atoms with van der Waals surface area (Å²) in [4.78, 5) is 8.30. The topological polar surface area (TPSA) is 78.3 Å². The lowest BCUT2D eigenvalue weighted by atomic mass is 9.93. The van der Waals surface area contributed by atoms with Crippen molar-refractivity contribution in [1.82, 2.24) is 19.6 Å². The van der Waals surface area contributed by atoms with E-state index in [9.17, 15) is 8.78 Å². The Morgan fingerprint density at radius 2 is 1.96 bits per heavy atom. The van der Waals surface area contributed by atoms with Crippen molar-refractivity contribution in [2.75, 3.05) is 6.61 Å². The fourth-order valence-electron chi connectivity index (χ4n) is 3.15. The van der Waals surface area contributed by atoms with Crippen LogP contribution < -0.4 is 10.5 Å². The minimum Gasteiger partial charge on any atom is -0.490 e. The van der Waals surface area contributed by atoms with Crippen LogP contribution in [0.2, 0.25) is 0 Å². The van der Waals surface area contributed by atoms with Crippen LogP contribution in [0, 0.1) is 5.92 Å². The normalized spacial score (nSPS) is 14.1. The van der Waals surface area contributed by atoms with E-state index in [2.05, 4.69) is 28.9 Å². The monoisotopic (exact) mass is 375 g/mol. The number of pyridine rings is 1. The number of ether oxygens (including phenoxy) is 1. The summed E-state index contributed by atoms with van der Waals surface area (Å²) in [5.74, 6) is 0.418. The second-order valence-electron chi connectivity index (χ2n) is 7.35. The van der Waals surface area contributed by atoms with Crippen molar-refractivity contribution in [2.45, 2.75) is 39.2 Å². The van der Waals surface area contributed by atoms with Crippen LogP contribution in [0.1, 0.15) is 39.3 Å². The molecule has 3 heterocycles. The lowest BCUT2D eigenvalue weighted by Crippen LogP contribution is -2.43. The molecule has 0 spiro atoms. The number of aromatic nitrogens is 4. The lowest BCUT2D eigenvalue weighted by molar-refractivity contribution is 0.134. The summed E-state index contributed by atoms with van der Waals surface area (Å²) in [7, 11) is 0. The molecular weight excluding hydrogens is 352 g/mol. The van der Waals surface area contributed by atoms with Crippen molar-refractivity contribution in [2.24, 2.45) is 11.7 Å². The molecule has 1 atom stereocenters. The second kappa shape index (κ2) is 7.56. The zero-order chi connectivity index (χ0) is 19.6. The van der Waals surface area contributed by atoms with Gasteiger partial charge >= 0.3 is 0 Å². The van der Waals surface area contributed by atoms with E-state index in [1.807, 2.05) is 6.92 Å². The molecule has 3 aromatic rings. The van der Waals surface area contributed by atoms with Crippen molar-refractivity contribution in [1.29, 1.82) is 0 Å². The highest BCUT2D eigenvalue weighted by Gasteiger charge is 2.24. The molecule has 0 amide bonds. The van der Waals surface area contributed by atoms with E-state index in [4.69, 9.17) is 10.5 Å². The van der Waals surface area contributed by atoms with Crippen LogP contribution in [0.5, 0.6) is 5.75 Å². The fourth-order valence-corrected chi connectivity index (χ4v) is 3.15. The maximum atomic E-state index is 13.6. The molecule has 0 aromatic carbocycles. The third kappa shape index (κ3) is 4.39. The Hall–Kier alpha value is -2.61. The van der Waals surface area contributed by atoms with Crippen LogP contribution in [0.4, 0.5) is 8.78 Å². The first-order valence-electron chi connectivity index (χ1n) is 8.77. The van der Waals surface area contributed by atoms with Gasteiger partial charge in [-0.05, 0) is 37.5 Å². The Morgan fingerprint density at radius 1 is 1.19 bits per heavy atom. The molecule has 144 valence electrons. The second-order valence-corrected chi connectivity index (χ2v) is 7.35. The Kier molecular flexibility index (Phi) is 5.36. The van der Waals surface area contributed by atoms with Crippen LogP contribution in [0.3, 0.4) is 0 Å². The Labute approximate surface area is 156 Å². The van der Waals surface area contributed by atoms with E-state index >= 15 is 0 Å². The minimum atomic E-state index is -2.77. The number of alkyl halides is 2. The van der Waals surface area contributed by atoms with Gasteiger partial charge in [0.2, 0.25) is 0 Å². The average Bonchev–Trinajstić information content (AvgIpc) is 3.07. The van der Waals surface area contributed by atoms with Gasteiger partial charge in [-0.2, -0.15) is 5.10 Å². The maximum absolute atomic E-state index is 13.6. The standard InChI is InChI=1S/C19H23F2N5O/c1-12(2)10-19(3,22)11-27-15-5-4-13(25-17(15)18(20)21)14-6-8-23-16-7-9-24-26(14)16/h4-9,12,18H,10-11,22H2,1-3H3. The number of halogens is 2. The highest BCUT2D eigenvalue weighted by atomic mass is 19.3. The molecule has 3 aromatic heterocycles. The molecule has 0 bridgehead atoms. The molecule has 2 N–H and O–H groups in total. The molecule has 3 rings (SSSR count). The molecule has 1 unspecified atom stereocenters. The van der Waals surface area contributed by atoms with Gasteiger partial charge in [0.15, 0.2) is 5.65 Å². The quantitative estimate of drug-likeness (QED) is 0.678. The van der Waals surface area contributed by atoms with Crippen molar-refractivity contribution < 1.29 is 13.5 Å². The van der Waals surface area contributed by atoms with Gasteiger partial charge in [0.05, 0.1) is 17.6 Å². The van der Waals surface area contributed by atoms with Crippen molar-refractivity contribution >= 4 is 5.65 Å². The summed E-state index contributed by atoms with van der Waals surface area (Å²) in [6.45, 7) is 6.08. The van der Waals surface area contributed by atoms with Gasteiger partial charge in [0.25, 0.3) is 6.43 Å². The Bertz CT molecular complexity index is 923. The summed E-state index contributed by atoms with van der Waals surface area (Å²) in [5, 5.41) is 4.17. The molecule has 27 heavy (non-hydrogen) atoms. The van der Waals surface area contributed by atoms with Crippen LogP contribution in [-0.2, 0) is 0 Å². The molecule has 0 saturated heterocycles. The molecule has 0 saturated carbocycles.